The second kappa shape index (κ2) is 9.21. The van der Waals surface area contributed by atoms with Crippen LogP contribution < -0.4 is 4.90 Å². The fourth-order valence-corrected chi connectivity index (χ4v) is 6.65. The van der Waals surface area contributed by atoms with Gasteiger partial charge in [-0.2, -0.15) is 0 Å². The average Bonchev–Trinajstić information content (AvgIpc) is 2.78. The fraction of sp³-hybridized carbons (Fsp3) is 0.667. The van der Waals surface area contributed by atoms with E-state index in [-0.39, 0.29) is 16.7 Å². The summed E-state index contributed by atoms with van der Waals surface area (Å²) >= 11 is 0. The Bertz CT molecular complexity index is 916. The van der Waals surface area contributed by atoms with Crippen molar-refractivity contribution >= 4 is 5.69 Å². The number of fused-ring (bicyclic) bond motifs is 4. The number of halogens is 1. The van der Waals surface area contributed by atoms with E-state index in [0.29, 0.717) is 11.3 Å². The summed E-state index contributed by atoms with van der Waals surface area (Å²) < 4.78 is 13.5. The Hall–Kier alpha value is -1.61. The molecule has 0 saturated carbocycles. The third-order valence-electron chi connectivity index (χ3n) is 9.81. The zero-order valence-corrected chi connectivity index (χ0v) is 21.9. The summed E-state index contributed by atoms with van der Waals surface area (Å²) in [5, 5.41) is 0. The van der Waals surface area contributed by atoms with Gasteiger partial charge >= 0.3 is 0 Å². The van der Waals surface area contributed by atoms with Gasteiger partial charge in [-0.1, -0.05) is 45.9 Å². The van der Waals surface area contributed by atoms with E-state index in [1.165, 1.54) is 63.0 Å². The molecule has 2 aliphatic heterocycles. The molecular weight excluding hydrogens is 407 g/mol. The van der Waals surface area contributed by atoms with E-state index in [0.717, 1.165) is 13.0 Å². The number of piperidine rings is 1. The molecule has 2 bridgehead atoms. The number of hydrogen-bond acceptors (Lipinski definition) is 2. The molecular formula is C30H45FN2. The largest absolute Gasteiger partial charge is 0.374 e. The van der Waals surface area contributed by atoms with Crippen molar-refractivity contribution < 1.29 is 4.39 Å². The lowest BCUT2D eigenvalue weighted by Gasteiger charge is -2.47. The molecule has 4 rings (SSSR count). The van der Waals surface area contributed by atoms with Crippen molar-refractivity contribution in [2.75, 3.05) is 38.1 Å². The zero-order chi connectivity index (χ0) is 23.9. The van der Waals surface area contributed by atoms with Crippen molar-refractivity contribution in [3.63, 3.8) is 0 Å². The van der Waals surface area contributed by atoms with Crippen LogP contribution >= 0.6 is 0 Å². The fourth-order valence-electron chi connectivity index (χ4n) is 6.65. The molecule has 1 saturated heterocycles. The van der Waals surface area contributed by atoms with E-state index in [4.69, 9.17) is 0 Å². The lowest BCUT2D eigenvalue weighted by atomic mass is 9.61. The minimum Gasteiger partial charge on any atom is -0.374 e. The first kappa shape index (κ1) is 24.5. The first-order valence-electron chi connectivity index (χ1n) is 13.1. The topological polar surface area (TPSA) is 6.48 Å². The van der Waals surface area contributed by atoms with Gasteiger partial charge in [0.15, 0.2) is 0 Å². The number of rotatable bonds is 5. The van der Waals surface area contributed by atoms with Crippen molar-refractivity contribution in [3.8, 4) is 0 Å². The minimum atomic E-state index is -0.0832. The SMILES string of the molecule is Cc1c2cccc1N(C)CCCC1(C)CCN(CCCC(C)(C)C3(C)C=CC(F)=CC3)CC21. The summed E-state index contributed by atoms with van der Waals surface area (Å²) in [6.45, 7) is 16.6. The highest BCUT2D eigenvalue weighted by molar-refractivity contribution is 5.57. The van der Waals surface area contributed by atoms with Gasteiger partial charge in [0.2, 0.25) is 0 Å². The first-order valence-corrected chi connectivity index (χ1v) is 13.1. The number of benzene rings is 1. The van der Waals surface area contributed by atoms with Gasteiger partial charge in [-0.25, -0.2) is 4.39 Å². The Kier molecular flexibility index (Phi) is 6.84. The van der Waals surface area contributed by atoms with Crippen molar-refractivity contribution in [1.82, 2.24) is 4.90 Å². The summed E-state index contributed by atoms with van der Waals surface area (Å²) in [7, 11) is 2.25. The zero-order valence-electron chi connectivity index (χ0n) is 21.9. The minimum absolute atomic E-state index is 0.0322. The smallest absolute Gasteiger partial charge is 0.118 e. The normalized spacial score (nSPS) is 30.8. The molecule has 0 radical (unpaired) electrons. The van der Waals surface area contributed by atoms with Gasteiger partial charge in [-0.15, -0.1) is 0 Å². The van der Waals surface area contributed by atoms with Gasteiger partial charge in [0, 0.05) is 31.7 Å². The maximum Gasteiger partial charge on any atom is 0.118 e. The predicted octanol–water partition coefficient (Wildman–Crippen LogP) is 7.65. The molecule has 0 spiro atoms. The van der Waals surface area contributed by atoms with E-state index >= 15 is 0 Å². The molecule has 3 aliphatic rings. The molecule has 3 atom stereocenters. The van der Waals surface area contributed by atoms with Crippen LogP contribution in [-0.4, -0.2) is 38.1 Å². The van der Waals surface area contributed by atoms with Gasteiger partial charge in [0.05, 0.1) is 0 Å². The lowest BCUT2D eigenvalue weighted by Crippen LogP contribution is -2.45. The molecule has 3 unspecified atom stereocenters. The second-order valence-electron chi connectivity index (χ2n) is 12.3. The van der Waals surface area contributed by atoms with Gasteiger partial charge in [0.1, 0.15) is 5.83 Å². The van der Waals surface area contributed by atoms with Gasteiger partial charge in [0.25, 0.3) is 0 Å². The third-order valence-corrected chi connectivity index (χ3v) is 9.81. The van der Waals surface area contributed by atoms with E-state index in [1.54, 1.807) is 17.7 Å². The van der Waals surface area contributed by atoms with Crippen LogP contribution in [-0.2, 0) is 0 Å². The standard InChI is InChI=1S/C30H45FN2/c1-23-25-10-7-11-27(23)32(6)19-9-15-29(4)18-21-33(22-26(25)29)20-8-14-28(2,3)30(5)16-12-24(31)13-17-30/h7,10-13,16,26H,8-9,14-15,17-22H2,1-6H3. The van der Waals surface area contributed by atoms with Crippen LogP contribution in [0.3, 0.4) is 0 Å². The van der Waals surface area contributed by atoms with Gasteiger partial charge in [-0.3, -0.25) is 0 Å². The Morgan fingerprint density at radius 1 is 1.15 bits per heavy atom. The maximum absolute atomic E-state index is 13.5. The molecule has 1 aromatic carbocycles. The summed E-state index contributed by atoms with van der Waals surface area (Å²) in [4.78, 5) is 5.19. The molecule has 1 aromatic rings. The van der Waals surface area contributed by atoms with Crippen molar-refractivity contribution in [1.29, 1.82) is 0 Å². The predicted molar refractivity (Wildman–Crippen MR) is 140 cm³/mol. The molecule has 1 fully saturated rings. The van der Waals surface area contributed by atoms with Crippen LogP contribution in [0.2, 0.25) is 0 Å². The number of likely N-dealkylation sites (tertiary alicyclic amines) is 1. The molecule has 0 aromatic heterocycles. The summed E-state index contributed by atoms with van der Waals surface area (Å²) in [5.41, 5.74) is 5.04. The molecule has 2 heterocycles. The number of anilines is 1. The Morgan fingerprint density at radius 3 is 2.67 bits per heavy atom. The first-order chi connectivity index (χ1) is 15.5. The van der Waals surface area contributed by atoms with E-state index in [9.17, 15) is 4.39 Å². The van der Waals surface area contributed by atoms with E-state index in [1.807, 2.05) is 0 Å². The highest BCUT2D eigenvalue weighted by Crippen LogP contribution is 2.50. The Balaban J connectivity index is 1.44. The van der Waals surface area contributed by atoms with Gasteiger partial charge in [-0.05, 0) is 104 Å². The van der Waals surface area contributed by atoms with Crippen molar-refractivity contribution in [3.05, 3.63) is 53.4 Å². The monoisotopic (exact) mass is 452 g/mol. The number of nitrogens with zero attached hydrogens (tertiary/aromatic N) is 2. The molecule has 0 amide bonds. The third kappa shape index (κ3) is 4.81. The molecule has 33 heavy (non-hydrogen) atoms. The van der Waals surface area contributed by atoms with Crippen LogP contribution in [0.25, 0.3) is 0 Å². The molecule has 2 nitrogen and oxygen atoms in total. The van der Waals surface area contributed by atoms with Crippen LogP contribution in [0, 0.1) is 23.2 Å². The highest BCUT2D eigenvalue weighted by atomic mass is 19.1. The quantitative estimate of drug-likeness (QED) is 0.453. The Labute approximate surface area is 201 Å². The van der Waals surface area contributed by atoms with Crippen LogP contribution in [0.1, 0.15) is 83.3 Å². The molecule has 1 aliphatic carbocycles. The van der Waals surface area contributed by atoms with Crippen LogP contribution in [0.5, 0.6) is 0 Å². The number of hydrogen-bond donors (Lipinski definition) is 0. The second-order valence-corrected chi connectivity index (χ2v) is 12.3. The van der Waals surface area contributed by atoms with Crippen LogP contribution in [0.15, 0.2) is 42.3 Å². The van der Waals surface area contributed by atoms with Gasteiger partial charge < -0.3 is 9.80 Å². The van der Waals surface area contributed by atoms with E-state index < -0.39 is 0 Å². The summed E-state index contributed by atoms with van der Waals surface area (Å²) in [5.74, 6) is 0.526. The highest BCUT2D eigenvalue weighted by Gasteiger charge is 2.42. The molecule has 3 heteroatoms. The molecule has 0 N–H and O–H groups in total. The van der Waals surface area contributed by atoms with E-state index in [2.05, 4.69) is 75.7 Å². The van der Waals surface area contributed by atoms with Crippen molar-refractivity contribution in [2.45, 2.75) is 79.1 Å². The maximum atomic E-state index is 13.5. The average molecular weight is 453 g/mol. The van der Waals surface area contributed by atoms with Crippen molar-refractivity contribution in [2.24, 2.45) is 16.2 Å². The van der Waals surface area contributed by atoms with Crippen LogP contribution in [0.4, 0.5) is 10.1 Å². The lowest BCUT2D eigenvalue weighted by molar-refractivity contribution is 0.0700. The summed E-state index contributed by atoms with van der Waals surface area (Å²) in [6, 6.07) is 6.97. The number of allylic oxidation sites excluding steroid dienone is 4. The Morgan fingerprint density at radius 2 is 1.94 bits per heavy atom. The summed E-state index contributed by atoms with van der Waals surface area (Å²) in [6.07, 6.45) is 12.6. The molecule has 182 valence electrons.